The zero-order valence-electron chi connectivity index (χ0n) is 20.6. The number of amides is 1. The molecule has 3 heterocycles. The van der Waals surface area contributed by atoms with Gasteiger partial charge < -0.3 is 9.47 Å². The molecule has 1 unspecified atom stereocenters. The number of benzene rings is 2. The normalized spacial score (nSPS) is 16.2. The van der Waals surface area contributed by atoms with E-state index in [9.17, 15) is 9.18 Å². The van der Waals surface area contributed by atoms with Crippen molar-refractivity contribution in [3.05, 3.63) is 107 Å². The molecular weight excluding hydrogens is 451 g/mol. The molecule has 2 aromatic heterocycles. The van der Waals surface area contributed by atoms with Crippen LogP contribution in [0.4, 0.5) is 4.39 Å². The average molecular weight is 481 g/mol. The molecule has 1 aliphatic heterocycles. The third-order valence-electron chi connectivity index (χ3n) is 7.45. The van der Waals surface area contributed by atoms with Crippen LogP contribution in [0.2, 0.25) is 0 Å². The zero-order valence-corrected chi connectivity index (χ0v) is 20.6. The van der Waals surface area contributed by atoms with E-state index in [0.29, 0.717) is 19.0 Å². The van der Waals surface area contributed by atoms with Crippen molar-refractivity contribution in [2.45, 2.75) is 45.7 Å². The number of halogens is 1. The molecule has 0 saturated heterocycles. The number of hydrogen-bond donors (Lipinski definition) is 0. The lowest BCUT2D eigenvalue weighted by Crippen LogP contribution is -2.41. The van der Waals surface area contributed by atoms with Gasteiger partial charge in [0, 0.05) is 37.2 Å². The van der Waals surface area contributed by atoms with Gasteiger partial charge in [0.1, 0.15) is 5.82 Å². The predicted molar refractivity (Wildman–Crippen MR) is 137 cm³/mol. The lowest BCUT2D eigenvalue weighted by atomic mass is 9.86. The summed E-state index contributed by atoms with van der Waals surface area (Å²) in [4.78, 5) is 25.0. The van der Waals surface area contributed by atoms with Crippen LogP contribution in [0.25, 0.3) is 11.1 Å². The molecule has 1 amide bonds. The summed E-state index contributed by atoms with van der Waals surface area (Å²) in [7, 11) is 0. The first kappa shape index (κ1) is 22.7. The third kappa shape index (κ3) is 4.21. The van der Waals surface area contributed by atoms with E-state index in [0.717, 1.165) is 63.9 Å². The van der Waals surface area contributed by atoms with Crippen LogP contribution in [0.1, 0.15) is 57.2 Å². The molecule has 5 nitrogen and oxygen atoms in total. The molecule has 6 rings (SSSR count). The highest BCUT2D eigenvalue weighted by Crippen LogP contribution is 2.46. The first-order chi connectivity index (χ1) is 17.5. The molecule has 1 aliphatic carbocycles. The summed E-state index contributed by atoms with van der Waals surface area (Å²) in [6.07, 6.45) is 10.3. The van der Waals surface area contributed by atoms with Crippen molar-refractivity contribution < 1.29 is 9.18 Å². The van der Waals surface area contributed by atoms with Crippen molar-refractivity contribution in [1.82, 2.24) is 19.4 Å². The van der Waals surface area contributed by atoms with Gasteiger partial charge in [-0.3, -0.25) is 9.78 Å². The van der Waals surface area contributed by atoms with Gasteiger partial charge in [0.2, 0.25) is 0 Å². The second-order valence-corrected chi connectivity index (χ2v) is 10.2. The predicted octanol–water partition coefficient (Wildman–Crippen LogP) is 5.90. The Morgan fingerprint density at radius 3 is 2.58 bits per heavy atom. The summed E-state index contributed by atoms with van der Waals surface area (Å²) < 4.78 is 15.9. The number of aryl methyl sites for hydroxylation is 2. The number of fused-ring (bicyclic) bond motifs is 1. The summed E-state index contributed by atoms with van der Waals surface area (Å²) in [5.41, 5.74) is 7.82. The first-order valence-electron chi connectivity index (χ1n) is 12.6. The zero-order chi connectivity index (χ0) is 24.8. The molecular formula is C30H29FN4O. The van der Waals surface area contributed by atoms with Gasteiger partial charge >= 0.3 is 0 Å². The summed E-state index contributed by atoms with van der Waals surface area (Å²) in [5.74, 6) is 0.266. The van der Waals surface area contributed by atoms with Crippen molar-refractivity contribution in [3.8, 4) is 11.1 Å². The number of imidazole rings is 1. The van der Waals surface area contributed by atoms with E-state index in [1.807, 2.05) is 47.0 Å². The van der Waals surface area contributed by atoms with Crippen molar-refractivity contribution >= 4 is 5.91 Å². The second kappa shape index (κ2) is 9.01. The molecule has 182 valence electrons. The highest BCUT2D eigenvalue weighted by Gasteiger charge is 2.41. The SMILES string of the molecule is Cc1ccnc(C(C2CC2)N2CCc3c(cc(Cn4ccnc4)cc3-c3ccc(F)cc3C)C2=O)c1. The smallest absolute Gasteiger partial charge is 0.254 e. The molecule has 0 radical (unpaired) electrons. The van der Waals surface area contributed by atoms with Crippen LogP contribution in [-0.2, 0) is 13.0 Å². The van der Waals surface area contributed by atoms with Crippen LogP contribution in [0.15, 0.2) is 67.4 Å². The Labute approximate surface area is 210 Å². The van der Waals surface area contributed by atoms with Gasteiger partial charge in [-0.05, 0) is 109 Å². The van der Waals surface area contributed by atoms with Gasteiger partial charge in [0.05, 0.1) is 18.1 Å². The number of nitrogens with zero attached hydrogens (tertiary/aromatic N) is 4. The fourth-order valence-corrected chi connectivity index (χ4v) is 5.59. The summed E-state index contributed by atoms with van der Waals surface area (Å²) in [6.45, 7) is 5.26. The Bertz CT molecular complexity index is 1440. The highest BCUT2D eigenvalue weighted by atomic mass is 19.1. The summed E-state index contributed by atoms with van der Waals surface area (Å²) >= 11 is 0. The monoisotopic (exact) mass is 480 g/mol. The molecule has 36 heavy (non-hydrogen) atoms. The fraction of sp³-hybridized carbons (Fsp3) is 0.300. The van der Waals surface area contributed by atoms with Gasteiger partial charge in [-0.2, -0.15) is 0 Å². The molecule has 2 aliphatic rings. The Morgan fingerprint density at radius 1 is 1.03 bits per heavy atom. The third-order valence-corrected chi connectivity index (χ3v) is 7.45. The van der Waals surface area contributed by atoms with Gasteiger partial charge in [0.15, 0.2) is 0 Å². The maximum Gasteiger partial charge on any atom is 0.254 e. The Balaban J connectivity index is 1.46. The van der Waals surface area contributed by atoms with Crippen LogP contribution in [0.5, 0.6) is 0 Å². The van der Waals surface area contributed by atoms with Gasteiger partial charge in [0.25, 0.3) is 5.91 Å². The van der Waals surface area contributed by atoms with Crippen LogP contribution in [0, 0.1) is 25.6 Å². The Hall–Kier alpha value is -3.80. The molecule has 0 spiro atoms. The fourth-order valence-electron chi connectivity index (χ4n) is 5.59. The lowest BCUT2D eigenvalue weighted by molar-refractivity contribution is 0.0627. The number of carbonyl (C=O) groups is 1. The second-order valence-electron chi connectivity index (χ2n) is 10.2. The molecule has 0 N–H and O–H groups in total. The Morgan fingerprint density at radius 2 is 1.86 bits per heavy atom. The van der Waals surface area contributed by atoms with E-state index >= 15 is 0 Å². The number of rotatable bonds is 6. The molecule has 0 bridgehead atoms. The van der Waals surface area contributed by atoms with Crippen LogP contribution in [0.3, 0.4) is 0 Å². The molecule has 1 saturated carbocycles. The molecule has 1 atom stereocenters. The van der Waals surface area contributed by atoms with E-state index < -0.39 is 0 Å². The van der Waals surface area contributed by atoms with Crippen molar-refractivity contribution in [1.29, 1.82) is 0 Å². The van der Waals surface area contributed by atoms with Crippen molar-refractivity contribution in [3.63, 3.8) is 0 Å². The molecule has 1 fully saturated rings. The van der Waals surface area contributed by atoms with E-state index in [2.05, 4.69) is 29.0 Å². The number of carbonyl (C=O) groups excluding carboxylic acids is 1. The first-order valence-corrected chi connectivity index (χ1v) is 12.6. The lowest BCUT2D eigenvalue weighted by Gasteiger charge is -2.36. The summed E-state index contributed by atoms with van der Waals surface area (Å²) in [5, 5.41) is 0. The average Bonchev–Trinajstić information content (AvgIpc) is 3.55. The van der Waals surface area contributed by atoms with E-state index in [1.54, 1.807) is 18.6 Å². The Kier molecular flexibility index (Phi) is 5.67. The molecule has 2 aromatic carbocycles. The van der Waals surface area contributed by atoms with Crippen molar-refractivity contribution in [2.75, 3.05) is 6.54 Å². The highest BCUT2D eigenvalue weighted by molar-refractivity contribution is 5.99. The van der Waals surface area contributed by atoms with Gasteiger partial charge in [-0.25, -0.2) is 9.37 Å². The van der Waals surface area contributed by atoms with Crippen molar-refractivity contribution in [2.24, 2.45) is 5.92 Å². The largest absolute Gasteiger partial charge is 0.333 e. The minimum absolute atomic E-state index is 0.00105. The quantitative estimate of drug-likeness (QED) is 0.345. The standard InChI is InChI=1S/C30H29FN4O/c1-19-7-9-33-28(13-19)29(22-3-4-22)35-11-8-25-26(24-6-5-23(31)14-20(24)2)15-21(16-27(25)30(35)36)17-34-12-10-32-18-34/h5-7,9-10,12-16,18,22,29H,3-4,8,11,17H2,1-2H3. The van der Waals surface area contributed by atoms with E-state index in [1.165, 1.54) is 6.07 Å². The van der Waals surface area contributed by atoms with Crippen LogP contribution in [-0.4, -0.2) is 31.9 Å². The maximum absolute atomic E-state index is 14.1. The number of aromatic nitrogens is 3. The van der Waals surface area contributed by atoms with E-state index in [-0.39, 0.29) is 17.8 Å². The number of hydrogen-bond acceptors (Lipinski definition) is 3. The molecule has 6 heteroatoms. The summed E-state index contributed by atoms with van der Waals surface area (Å²) in [6, 6.07) is 13.2. The maximum atomic E-state index is 14.1. The van der Waals surface area contributed by atoms with Gasteiger partial charge in [-0.15, -0.1) is 0 Å². The van der Waals surface area contributed by atoms with Gasteiger partial charge in [-0.1, -0.05) is 6.07 Å². The van der Waals surface area contributed by atoms with Crippen LogP contribution < -0.4 is 0 Å². The topological polar surface area (TPSA) is 51.0 Å². The van der Waals surface area contributed by atoms with E-state index in [4.69, 9.17) is 0 Å². The minimum atomic E-state index is -0.250. The number of pyridine rings is 1. The molecule has 4 aromatic rings. The minimum Gasteiger partial charge on any atom is -0.333 e. The van der Waals surface area contributed by atoms with Crippen LogP contribution >= 0.6 is 0 Å².